The first-order valence-corrected chi connectivity index (χ1v) is 11.9. The Bertz CT molecular complexity index is 955. The summed E-state index contributed by atoms with van der Waals surface area (Å²) in [5.74, 6) is 1.61. The van der Waals surface area contributed by atoms with Gasteiger partial charge in [-0.2, -0.15) is 0 Å². The van der Waals surface area contributed by atoms with Crippen molar-refractivity contribution in [3.8, 4) is 0 Å². The highest BCUT2D eigenvalue weighted by Crippen LogP contribution is 2.64. The molecule has 0 radical (unpaired) electrons. The highest BCUT2D eigenvalue weighted by molar-refractivity contribution is 6.28. The van der Waals surface area contributed by atoms with Crippen molar-refractivity contribution in [2.75, 3.05) is 26.2 Å². The number of piperazine rings is 1. The largest absolute Gasteiger partial charge is 0.340 e. The lowest BCUT2D eigenvalue weighted by molar-refractivity contribution is -0.168. The Kier molecular flexibility index (Phi) is 4.62. The molecule has 7 rings (SSSR count). The summed E-state index contributed by atoms with van der Waals surface area (Å²) in [5, 5.41) is 4.79. The molecular weight excluding hydrogens is 412 g/mol. The van der Waals surface area contributed by atoms with Gasteiger partial charge < -0.3 is 4.90 Å². The van der Waals surface area contributed by atoms with Crippen LogP contribution in [0.2, 0.25) is 5.28 Å². The van der Waals surface area contributed by atoms with Crippen LogP contribution in [0, 0.1) is 17.3 Å². The van der Waals surface area contributed by atoms with Gasteiger partial charge in [0.1, 0.15) is 6.33 Å². The summed E-state index contributed by atoms with van der Waals surface area (Å²) < 4.78 is 2.00. The third kappa shape index (κ3) is 3.37. The number of carbonyl (C=O) groups excluding carboxylic acids is 1. The van der Waals surface area contributed by atoms with E-state index in [1.54, 1.807) is 6.33 Å². The summed E-state index contributed by atoms with van der Waals surface area (Å²) in [4.78, 5) is 26.9. The van der Waals surface area contributed by atoms with Crippen molar-refractivity contribution in [3.63, 3.8) is 0 Å². The third-order valence-electron chi connectivity index (χ3n) is 8.22. The summed E-state index contributed by atoms with van der Waals surface area (Å²) in [6.07, 6.45) is 12.0. The van der Waals surface area contributed by atoms with E-state index in [0.29, 0.717) is 23.0 Å². The lowest BCUT2D eigenvalue weighted by atomic mass is 9.46. The van der Waals surface area contributed by atoms with E-state index < -0.39 is 0 Å². The minimum Gasteiger partial charge on any atom is -0.340 e. The van der Waals surface area contributed by atoms with Gasteiger partial charge in [-0.05, 0) is 73.6 Å². The Morgan fingerprint density at radius 3 is 2.55 bits per heavy atom. The van der Waals surface area contributed by atoms with Gasteiger partial charge in [0.2, 0.25) is 11.2 Å². The molecule has 0 N–H and O–H groups in total. The molecule has 4 saturated carbocycles. The molecule has 4 bridgehead atoms. The Hall–Kier alpha value is -1.99. The standard InChI is InChI=1S/C23H29ClN6O/c24-21-26-16-30(27-21)23-11-18-8-19(12-23)10-22(9-18,15-23)20(31)29-6-4-28(5-7-29)14-17-2-1-3-25-13-17/h1-3,13,16,18-19H,4-12,14-15H2. The van der Waals surface area contributed by atoms with Gasteiger partial charge in [0.05, 0.1) is 11.0 Å². The monoisotopic (exact) mass is 440 g/mol. The summed E-state index contributed by atoms with van der Waals surface area (Å²) in [6, 6.07) is 4.11. The Morgan fingerprint density at radius 1 is 1.13 bits per heavy atom. The van der Waals surface area contributed by atoms with E-state index in [1.165, 1.54) is 12.0 Å². The summed E-state index contributed by atoms with van der Waals surface area (Å²) in [7, 11) is 0. The SMILES string of the molecule is O=C(N1CCN(Cc2cccnc2)CC1)C12CC3CC(C1)CC(n1cnc(Cl)n1)(C3)C2. The maximum absolute atomic E-state index is 13.9. The minimum absolute atomic E-state index is 0.0813. The lowest BCUT2D eigenvalue weighted by Crippen LogP contribution is -2.62. The fourth-order valence-electron chi connectivity index (χ4n) is 7.40. The van der Waals surface area contributed by atoms with Gasteiger partial charge in [-0.25, -0.2) is 9.67 Å². The summed E-state index contributed by atoms with van der Waals surface area (Å²) in [5.41, 5.74) is 0.924. The van der Waals surface area contributed by atoms with Crippen LogP contribution in [0.3, 0.4) is 0 Å². The first-order chi connectivity index (χ1) is 15.0. The van der Waals surface area contributed by atoms with E-state index in [9.17, 15) is 4.79 Å². The molecule has 2 unspecified atom stereocenters. The zero-order valence-electron chi connectivity index (χ0n) is 17.8. The van der Waals surface area contributed by atoms with E-state index in [4.69, 9.17) is 11.6 Å². The van der Waals surface area contributed by atoms with Crippen LogP contribution in [-0.4, -0.2) is 61.6 Å². The molecule has 0 spiro atoms. The molecule has 8 heteroatoms. The summed E-state index contributed by atoms with van der Waals surface area (Å²) >= 11 is 6.06. The number of hydrogen-bond donors (Lipinski definition) is 0. The topological polar surface area (TPSA) is 67.2 Å². The van der Waals surface area contributed by atoms with E-state index in [0.717, 1.165) is 64.8 Å². The fraction of sp³-hybridized carbons (Fsp3) is 0.652. The van der Waals surface area contributed by atoms with Gasteiger partial charge in [-0.3, -0.25) is 14.7 Å². The van der Waals surface area contributed by atoms with Crippen LogP contribution in [0.1, 0.15) is 44.1 Å². The van der Waals surface area contributed by atoms with Crippen molar-refractivity contribution >= 4 is 17.5 Å². The van der Waals surface area contributed by atoms with Crippen LogP contribution in [0.5, 0.6) is 0 Å². The minimum atomic E-state index is -0.228. The first-order valence-electron chi connectivity index (χ1n) is 11.5. The van der Waals surface area contributed by atoms with E-state index in [-0.39, 0.29) is 11.0 Å². The number of pyridine rings is 1. The van der Waals surface area contributed by atoms with Gasteiger partial charge in [0.25, 0.3) is 0 Å². The van der Waals surface area contributed by atoms with Gasteiger partial charge in [0.15, 0.2) is 0 Å². The molecule has 2 aromatic heterocycles. The quantitative estimate of drug-likeness (QED) is 0.731. The molecule has 2 atom stereocenters. The molecule has 164 valence electrons. The van der Waals surface area contributed by atoms with Gasteiger partial charge in [0, 0.05) is 45.1 Å². The highest BCUT2D eigenvalue weighted by Gasteiger charge is 2.62. The van der Waals surface area contributed by atoms with Gasteiger partial charge in [-0.1, -0.05) is 6.07 Å². The fourth-order valence-corrected chi connectivity index (χ4v) is 7.52. The van der Waals surface area contributed by atoms with Gasteiger partial charge in [-0.15, -0.1) is 5.10 Å². The molecule has 5 fully saturated rings. The molecule has 7 nitrogen and oxygen atoms in total. The van der Waals surface area contributed by atoms with E-state index in [2.05, 4.69) is 30.9 Å². The molecule has 0 aromatic carbocycles. The predicted octanol–water partition coefficient (Wildman–Crippen LogP) is 2.97. The second kappa shape index (κ2) is 7.27. The maximum Gasteiger partial charge on any atom is 0.242 e. The van der Waals surface area contributed by atoms with Crippen LogP contribution in [0.25, 0.3) is 0 Å². The lowest BCUT2D eigenvalue weighted by Gasteiger charge is -2.61. The zero-order valence-corrected chi connectivity index (χ0v) is 18.5. The average Bonchev–Trinajstić information content (AvgIpc) is 3.21. The molecular formula is C23H29ClN6O. The normalized spacial score (nSPS) is 34.9. The van der Waals surface area contributed by atoms with Crippen molar-refractivity contribution in [2.45, 2.75) is 50.6 Å². The molecule has 1 saturated heterocycles. The number of nitrogens with zero attached hydrogens (tertiary/aromatic N) is 6. The Morgan fingerprint density at radius 2 is 1.90 bits per heavy atom. The molecule has 1 amide bonds. The molecule has 2 aromatic rings. The molecule has 3 heterocycles. The molecule has 5 aliphatic rings. The van der Waals surface area contributed by atoms with Crippen molar-refractivity contribution in [2.24, 2.45) is 17.3 Å². The van der Waals surface area contributed by atoms with Crippen molar-refractivity contribution in [1.29, 1.82) is 0 Å². The number of amides is 1. The van der Waals surface area contributed by atoms with Crippen LogP contribution in [0.4, 0.5) is 0 Å². The number of halogens is 1. The van der Waals surface area contributed by atoms with E-state index >= 15 is 0 Å². The number of carbonyl (C=O) groups is 1. The number of rotatable bonds is 4. The molecule has 1 aliphatic heterocycles. The van der Waals surface area contributed by atoms with Crippen LogP contribution in [0.15, 0.2) is 30.9 Å². The second-order valence-corrected chi connectivity index (χ2v) is 10.7. The smallest absolute Gasteiger partial charge is 0.242 e. The molecule has 31 heavy (non-hydrogen) atoms. The second-order valence-electron chi connectivity index (χ2n) is 10.4. The molecule has 4 aliphatic carbocycles. The predicted molar refractivity (Wildman–Crippen MR) is 116 cm³/mol. The number of aromatic nitrogens is 4. The van der Waals surface area contributed by atoms with Crippen molar-refractivity contribution < 1.29 is 4.79 Å². The van der Waals surface area contributed by atoms with Gasteiger partial charge >= 0.3 is 0 Å². The third-order valence-corrected chi connectivity index (χ3v) is 8.40. The number of hydrogen-bond acceptors (Lipinski definition) is 5. The van der Waals surface area contributed by atoms with Crippen LogP contribution >= 0.6 is 11.6 Å². The van der Waals surface area contributed by atoms with Crippen LogP contribution in [-0.2, 0) is 16.9 Å². The van der Waals surface area contributed by atoms with Crippen molar-refractivity contribution in [1.82, 2.24) is 29.5 Å². The highest BCUT2D eigenvalue weighted by atomic mass is 35.5. The zero-order chi connectivity index (χ0) is 21.1. The Balaban J connectivity index is 1.18. The average molecular weight is 441 g/mol. The van der Waals surface area contributed by atoms with Crippen molar-refractivity contribution in [3.05, 3.63) is 41.7 Å². The van der Waals surface area contributed by atoms with E-state index in [1.807, 2.05) is 23.1 Å². The Labute approximate surface area is 187 Å². The summed E-state index contributed by atoms with van der Waals surface area (Å²) in [6.45, 7) is 4.39. The van der Waals surface area contributed by atoms with Crippen LogP contribution < -0.4 is 0 Å². The first kappa shape index (κ1) is 19.7. The maximum atomic E-state index is 13.9.